The van der Waals surface area contributed by atoms with E-state index in [0.29, 0.717) is 5.41 Å². The van der Waals surface area contributed by atoms with Crippen molar-refractivity contribution in [3.05, 3.63) is 0 Å². The summed E-state index contributed by atoms with van der Waals surface area (Å²) in [6.45, 7) is 7.27. The molecule has 0 radical (unpaired) electrons. The predicted octanol–water partition coefficient (Wildman–Crippen LogP) is 2.83. The van der Waals surface area contributed by atoms with Crippen LogP contribution in [0.3, 0.4) is 0 Å². The Labute approximate surface area is 57.6 Å². The Balaban J connectivity index is 2.14. The van der Waals surface area contributed by atoms with Crippen molar-refractivity contribution in [1.82, 2.24) is 0 Å². The molecule has 0 amide bonds. The molecule has 0 aliphatic heterocycles. The first-order valence-corrected chi connectivity index (χ1v) is 4.02. The van der Waals surface area contributed by atoms with Crippen LogP contribution in [0.5, 0.6) is 0 Å². The van der Waals surface area contributed by atoms with Crippen molar-refractivity contribution in [3.8, 4) is 0 Å². The normalized spacial score (nSPS) is 53.0. The third-order valence-electron chi connectivity index (χ3n) is 3.22. The first-order valence-electron chi connectivity index (χ1n) is 4.02. The number of fused-ring (bicyclic) bond motifs is 1. The highest BCUT2D eigenvalue weighted by Gasteiger charge is 2.58. The molecule has 0 spiro atoms. The Morgan fingerprint density at radius 1 is 1.11 bits per heavy atom. The summed E-state index contributed by atoms with van der Waals surface area (Å²) in [7, 11) is 0. The van der Waals surface area contributed by atoms with E-state index < -0.39 is 0 Å². The van der Waals surface area contributed by atoms with Gasteiger partial charge >= 0.3 is 0 Å². The summed E-state index contributed by atoms with van der Waals surface area (Å²) in [5.41, 5.74) is 1.47. The molecule has 2 aliphatic carbocycles. The molecule has 9 heavy (non-hydrogen) atoms. The molecular weight excluding hydrogens is 108 g/mol. The van der Waals surface area contributed by atoms with Gasteiger partial charge in [0.15, 0.2) is 0 Å². The van der Waals surface area contributed by atoms with Gasteiger partial charge in [-0.15, -0.1) is 0 Å². The zero-order chi connectivity index (χ0) is 6.70. The molecule has 52 valence electrons. The molecule has 2 fully saturated rings. The molecule has 0 bridgehead atoms. The largest absolute Gasteiger partial charge is 0.0599 e. The number of rotatable bonds is 0. The minimum absolute atomic E-state index is 0.678. The third kappa shape index (κ3) is 0.720. The molecule has 0 heterocycles. The number of hydrogen-bond acceptors (Lipinski definition) is 0. The van der Waals surface area contributed by atoms with Crippen molar-refractivity contribution < 1.29 is 0 Å². The van der Waals surface area contributed by atoms with E-state index in [1.807, 2.05) is 0 Å². The average Bonchev–Trinajstić information content (AvgIpc) is 2.03. The standard InChI is InChI=1S/C9H16/c1-8(2)4-7-5-9(7,3)6-8/h7H,4-6H2,1-3H3. The highest BCUT2D eigenvalue weighted by molar-refractivity contribution is 5.08. The smallest absolute Gasteiger partial charge is 0.0289 e. The molecule has 0 aromatic heterocycles. The van der Waals surface area contributed by atoms with Crippen molar-refractivity contribution in [2.45, 2.75) is 40.0 Å². The second-order valence-electron chi connectivity index (χ2n) is 5.10. The first-order chi connectivity index (χ1) is 4.02. The van der Waals surface area contributed by atoms with Crippen molar-refractivity contribution in [1.29, 1.82) is 0 Å². The van der Waals surface area contributed by atoms with Crippen molar-refractivity contribution in [2.24, 2.45) is 16.7 Å². The molecule has 0 nitrogen and oxygen atoms in total. The maximum Gasteiger partial charge on any atom is -0.0289 e. The summed E-state index contributed by atoms with van der Waals surface area (Å²) >= 11 is 0. The van der Waals surface area contributed by atoms with Gasteiger partial charge in [-0.25, -0.2) is 0 Å². The van der Waals surface area contributed by atoms with Gasteiger partial charge in [0.2, 0.25) is 0 Å². The van der Waals surface area contributed by atoms with E-state index in [1.165, 1.54) is 19.3 Å². The van der Waals surface area contributed by atoms with Crippen LogP contribution in [-0.2, 0) is 0 Å². The van der Waals surface area contributed by atoms with E-state index in [1.54, 1.807) is 0 Å². The van der Waals surface area contributed by atoms with Crippen LogP contribution in [0.4, 0.5) is 0 Å². The summed E-state index contributed by atoms with van der Waals surface area (Å²) < 4.78 is 0. The van der Waals surface area contributed by atoms with E-state index in [9.17, 15) is 0 Å². The van der Waals surface area contributed by atoms with Gasteiger partial charge in [0.25, 0.3) is 0 Å². The first kappa shape index (κ1) is 5.76. The Morgan fingerprint density at radius 2 is 1.78 bits per heavy atom. The van der Waals surface area contributed by atoms with Crippen LogP contribution in [0.15, 0.2) is 0 Å². The molecule has 0 aromatic carbocycles. The summed E-state index contributed by atoms with van der Waals surface area (Å²) in [5, 5.41) is 0. The van der Waals surface area contributed by atoms with Gasteiger partial charge in [-0.05, 0) is 36.0 Å². The van der Waals surface area contributed by atoms with Crippen molar-refractivity contribution >= 4 is 0 Å². The molecule has 0 heteroatoms. The zero-order valence-electron chi connectivity index (χ0n) is 6.70. The summed E-state index contributed by atoms with van der Waals surface area (Å²) in [4.78, 5) is 0. The maximum absolute atomic E-state index is 2.45. The highest BCUT2D eigenvalue weighted by atomic mass is 14.6. The summed E-state index contributed by atoms with van der Waals surface area (Å²) in [6.07, 6.45) is 4.49. The van der Waals surface area contributed by atoms with Crippen LogP contribution in [-0.4, -0.2) is 0 Å². The molecule has 0 N–H and O–H groups in total. The second kappa shape index (κ2) is 1.21. The van der Waals surface area contributed by atoms with E-state index in [-0.39, 0.29) is 0 Å². The predicted molar refractivity (Wildman–Crippen MR) is 39.2 cm³/mol. The fourth-order valence-electron chi connectivity index (χ4n) is 2.87. The average molecular weight is 124 g/mol. The van der Waals surface area contributed by atoms with Gasteiger partial charge in [0.05, 0.1) is 0 Å². The lowest BCUT2D eigenvalue weighted by atomic mass is 9.86. The maximum atomic E-state index is 2.45. The molecule has 2 aliphatic rings. The Bertz CT molecular complexity index is 143. The monoisotopic (exact) mass is 124 g/mol. The van der Waals surface area contributed by atoms with Gasteiger partial charge < -0.3 is 0 Å². The van der Waals surface area contributed by atoms with Crippen LogP contribution >= 0.6 is 0 Å². The van der Waals surface area contributed by atoms with Crippen LogP contribution in [0.25, 0.3) is 0 Å². The van der Waals surface area contributed by atoms with Crippen molar-refractivity contribution in [2.75, 3.05) is 0 Å². The van der Waals surface area contributed by atoms with E-state index in [4.69, 9.17) is 0 Å². The van der Waals surface area contributed by atoms with Gasteiger partial charge in [0, 0.05) is 0 Å². The molecule has 0 saturated heterocycles. The van der Waals surface area contributed by atoms with Crippen LogP contribution in [0.1, 0.15) is 40.0 Å². The quantitative estimate of drug-likeness (QED) is 0.466. The summed E-state index contributed by atoms with van der Waals surface area (Å²) in [6, 6.07) is 0. The van der Waals surface area contributed by atoms with E-state index in [0.717, 1.165) is 11.3 Å². The molecule has 2 atom stereocenters. The fraction of sp³-hybridized carbons (Fsp3) is 1.00. The van der Waals surface area contributed by atoms with Gasteiger partial charge in [0.1, 0.15) is 0 Å². The van der Waals surface area contributed by atoms with Gasteiger partial charge in [-0.1, -0.05) is 20.8 Å². The van der Waals surface area contributed by atoms with Crippen LogP contribution in [0.2, 0.25) is 0 Å². The third-order valence-corrected chi connectivity index (χ3v) is 3.22. The van der Waals surface area contributed by atoms with E-state index >= 15 is 0 Å². The van der Waals surface area contributed by atoms with Gasteiger partial charge in [-0.3, -0.25) is 0 Å². The van der Waals surface area contributed by atoms with Crippen LogP contribution < -0.4 is 0 Å². The van der Waals surface area contributed by atoms with Crippen molar-refractivity contribution in [3.63, 3.8) is 0 Å². The lowest BCUT2D eigenvalue weighted by Crippen LogP contribution is -2.08. The van der Waals surface area contributed by atoms with E-state index in [2.05, 4.69) is 20.8 Å². The molecule has 2 saturated carbocycles. The van der Waals surface area contributed by atoms with Crippen LogP contribution in [0, 0.1) is 16.7 Å². The van der Waals surface area contributed by atoms with Gasteiger partial charge in [-0.2, -0.15) is 0 Å². The SMILES string of the molecule is CC1(C)CC2CC2(C)C1. The molecular formula is C9H16. The fourth-order valence-corrected chi connectivity index (χ4v) is 2.87. The molecule has 0 aromatic rings. The lowest BCUT2D eigenvalue weighted by molar-refractivity contribution is 0.313. The Morgan fingerprint density at radius 3 is 2.00 bits per heavy atom. The summed E-state index contributed by atoms with van der Waals surface area (Å²) in [5.74, 6) is 1.10. The second-order valence-corrected chi connectivity index (χ2v) is 5.10. The Kier molecular flexibility index (Phi) is 0.774. The molecule has 2 unspecified atom stereocenters. The minimum Gasteiger partial charge on any atom is -0.0599 e. The molecule has 2 rings (SSSR count). The zero-order valence-corrected chi connectivity index (χ0v) is 6.70. The number of hydrogen-bond donors (Lipinski definition) is 0. The lowest BCUT2D eigenvalue weighted by Gasteiger charge is -2.20. The topological polar surface area (TPSA) is 0 Å². The Hall–Kier alpha value is 0. The minimum atomic E-state index is 0.678. The highest BCUT2D eigenvalue weighted by Crippen LogP contribution is 2.68.